The van der Waals surface area contributed by atoms with Gasteiger partial charge in [0.25, 0.3) is 0 Å². The van der Waals surface area contributed by atoms with Gasteiger partial charge in [-0.25, -0.2) is 4.79 Å². The van der Waals surface area contributed by atoms with Crippen molar-refractivity contribution in [2.24, 2.45) is 5.92 Å². The van der Waals surface area contributed by atoms with Gasteiger partial charge in [-0.2, -0.15) is 0 Å². The zero-order valence-electron chi connectivity index (χ0n) is 9.34. The fourth-order valence-electron chi connectivity index (χ4n) is 2.14. The van der Waals surface area contributed by atoms with Crippen LogP contribution in [0, 0.1) is 5.92 Å². The van der Waals surface area contributed by atoms with Gasteiger partial charge in [-0.1, -0.05) is 19.3 Å². The lowest BCUT2D eigenvalue weighted by Gasteiger charge is -2.35. The van der Waals surface area contributed by atoms with E-state index in [4.69, 9.17) is 4.74 Å². The van der Waals surface area contributed by atoms with Crippen LogP contribution in [0.15, 0.2) is 0 Å². The van der Waals surface area contributed by atoms with Gasteiger partial charge in [0.15, 0.2) is 0 Å². The lowest BCUT2D eigenvalue weighted by Crippen LogP contribution is -2.37. The molecule has 1 aliphatic carbocycles. The summed E-state index contributed by atoms with van der Waals surface area (Å²) in [5, 5.41) is 0. The highest BCUT2D eigenvalue weighted by atomic mass is 16.7. The Hall–Kier alpha value is -0.730. The van der Waals surface area contributed by atoms with E-state index in [1.54, 1.807) is 0 Å². The summed E-state index contributed by atoms with van der Waals surface area (Å²) in [7, 11) is 1.35. The van der Waals surface area contributed by atoms with Gasteiger partial charge in [0.2, 0.25) is 0 Å². The van der Waals surface area contributed by atoms with Crippen LogP contribution in [-0.4, -0.2) is 18.9 Å². The van der Waals surface area contributed by atoms with Crippen LogP contribution in [0.4, 0.5) is 4.79 Å². The van der Waals surface area contributed by atoms with Crippen LogP contribution in [0.25, 0.3) is 0 Å². The molecule has 0 N–H and O–H groups in total. The van der Waals surface area contributed by atoms with Crippen molar-refractivity contribution in [2.75, 3.05) is 7.11 Å². The number of carbonyl (C=O) groups is 1. The van der Waals surface area contributed by atoms with Crippen LogP contribution in [0.3, 0.4) is 0 Å². The zero-order chi connectivity index (χ0) is 10.6. The van der Waals surface area contributed by atoms with Crippen molar-refractivity contribution in [3.05, 3.63) is 0 Å². The van der Waals surface area contributed by atoms with Crippen LogP contribution in [0.2, 0.25) is 0 Å². The molecule has 1 rings (SSSR count). The maximum atomic E-state index is 11.0. The van der Waals surface area contributed by atoms with Gasteiger partial charge < -0.3 is 9.47 Å². The molecule has 0 aromatic rings. The van der Waals surface area contributed by atoms with Gasteiger partial charge in [0.1, 0.15) is 5.60 Å². The quantitative estimate of drug-likeness (QED) is 0.642. The summed E-state index contributed by atoms with van der Waals surface area (Å²) >= 11 is 0. The van der Waals surface area contributed by atoms with Gasteiger partial charge in [-0.15, -0.1) is 0 Å². The molecule has 1 fully saturated rings. The fraction of sp³-hybridized carbons (Fsp3) is 0.909. The van der Waals surface area contributed by atoms with E-state index in [-0.39, 0.29) is 5.60 Å². The molecule has 0 amide bonds. The topological polar surface area (TPSA) is 35.5 Å². The third-order valence-electron chi connectivity index (χ3n) is 3.10. The summed E-state index contributed by atoms with van der Waals surface area (Å²) in [5.74, 6) is 0.482. The molecule has 0 aromatic heterocycles. The Morgan fingerprint density at radius 3 is 2.29 bits per heavy atom. The summed E-state index contributed by atoms with van der Waals surface area (Å²) < 4.78 is 9.78. The second-order valence-electron chi connectivity index (χ2n) is 4.49. The van der Waals surface area contributed by atoms with Crippen molar-refractivity contribution in [2.45, 2.75) is 51.6 Å². The number of ether oxygens (including phenoxy) is 2. The average Bonchev–Trinajstić information content (AvgIpc) is 2.18. The van der Waals surface area contributed by atoms with Crippen molar-refractivity contribution in [1.29, 1.82) is 0 Å². The van der Waals surface area contributed by atoms with E-state index in [1.165, 1.54) is 26.4 Å². The molecule has 0 bridgehead atoms. The van der Waals surface area contributed by atoms with Gasteiger partial charge in [-0.05, 0) is 32.6 Å². The molecule has 0 unspecified atom stereocenters. The smallest absolute Gasteiger partial charge is 0.438 e. The molecule has 1 aliphatic rings. The minimum atomic E-state index is -0.569. The molecule has 1 saturated carbocycles. The van der Waals surface area contributed by atoms with E-state index in [0.29, 0.717) is 5.92 Å². The standard InChI is InChI=1S/C11H20O3/c1-11(2,14-10(12)13-3)9-7-5-4-6-8-9/h9H,4-8H2,1-3H3. The number of carbonyl (C=O) groups excluding carboxylic acids is 1. The first kappa shape index (κ1) is 11.3. The summed E-state index contributed by atoms with van der Waals surface area (Å²) in [4.78, 5) is 11.0. The Morgan fingerprint density at radius 2 is 1.79 bits per heavy atom. The van der Waals surface area contributed by atoms with E-state index < -0.39 is 6.16 Å². The number of hydrogen-bond donors (Lipinski definition) is 0. The molecule has 0 aromatic carbocycles. The molecule has 0 aliphatic heterocycles. The maximum Gasteiger partial charge on any atom is 0.508 e. The predicted octanol–water partition coefficient (Wildman–Crippen LogP) is 3.13. The molecular weight excluding hydrogens is 180 g/mol. The SMILES string of the molecule is COC(=O)OC(C)(C)C1CCCCC1. The predicted molar refractivity (Wildman–Crippen MR) is 54.1 cm³/mol. The van der Waals surface area contributed by atoms with Crippen molar-refractivity contribution >= 4 is 6.16 Å². The van der Waals surface area contributed by atoms with Crippen LogP contribution >= 0.6 is 0 Å². The first-order valence-corrected chi connectivity index (χ1v) is 5.33. The third-order valence-corrected chi connectivity index (χ3v) is 3.10. The van der Waals surface area contributed by atoms with Crippen LogP contribution in [-0.2, 0) is 9.47 Å². The van der Waals surface area contributed by atoms with Gasteiger partial charge >= 0.3 is 6.16 Å². The summed E-state index contributed by atoms with van der Waals surface area (Å²) in [6.07, 6.45) is 5.55. The molecule has 14 heavy (non-hydrogen) atoms. The molecule has 3 nitrogen and oxygen atoms in total. The van der Waals surface area contributed by atoms with Crippen molar-refractivity contribution in [3.63, 3.8) is 0 Å². The Kier molecular flexibility index (Phi) is 3.78. The second-order valence-corrected chi connectivity index (χ2v) is 4.49. The van der Waals surface area contributed by atoms with E-state index in [2.05, 4.69) is 4.74 Å². The molecule has 3 heteroatoms. The highest BCUT2D eigenvalue weighted by molar-refractivity contribution is 5.60. The first-order chi connectivity index (χ1) is 6.56. The minimum absolute atomic E-state index is 0.381. The molecule has 0 radical (unpaired) electrons. The van der Waals surface area contributed by atoms with Crippen molar-refractivity contribution < 1.29 is 14.3 Å². The molecule has 0 saturated heterocycles. The normalized spacial score (nSPS) is 19.1. The van der Waals surface area contributed by atoms with Crippen LogP contribution in [0.1, 0.15) is 46.0 Å². The molecule has 0 heterocycles. The summed E-state index contributed by atoms with van der Waals surface area (Å²) in [6.45, 7) is 3.94. The van der Waals surface area contributed by atoms with E-state index in [0.717, 1.165) is 12.8 Å². The van der Waals surface area contributed by atoms with Crippen molar-refractivity contribution in [3.8, 4) is 0 Å². The maximum absolute atomic E-state index is 11.0. The molecule has 0 spiro atoms. The first-order valence-electron chi connectivity index (χ1n) is 5.33. The summed E-state index contributed by atoms with van der Waals surface area (Å²) in [6, 6.07) is 0. The van der Waals surface area contributed by atoms with Gasteiger partial charge in [0, 0.05) is 0 Å². The molecule has 82 valence electrons. The number of hydrogen-bond acceptors (Lipinski definition) is 3. The molecule has 0 atom stereocenters. The Morgan fingerprint density at radius 1 is 1.21 bits per heavy atom. The summed E-state index contributed by atoms with van der Waals surface area (Å²) in [5.41, 5.74) is -0.381. The number of rotatable bonds is 2. The lowest BCUT2D eigenvalue weighted by atomic mass is 9.79. The van der Waals surface area contributed by atoms with E-state index in [1.807, 2.05) is 13.8 Å². The van der Waals surface area contributed by atoms with E-state index in [9.17, 15) is 4.79 Å². The highest BCUT2D eigenvalue weighted by Gasteiger charge is 2.34. The third kappa shape index (κ3) is 2.89. The average molecular weight is 200 g/mol. The Bertz CT molecular complexity index is 193. The largest absolute Gasteiger partial charge is 0.508 e. The zero-order valence-corrected chi connectivity index (χ0v) is 9.34. The van der Waals surface area contributed by atoms with Crippen LogP contribution in [0.5, 0.6) is 0 Å². The number of methoxy groups -OCH3 is 1. The van der Waals surface area contributed by atoms with Gasteiger partial charge in [0.05, 0.1) is 7.11 Å². The fourth-order valence-corrected chi connectivity index (χ4v) is 2.14. The van der Waals surface area contributed by atoms with Crippen molar-refractivity contribution in [1.82, 2.24) is 0 Å². The lowest BCUT2D eigenvalue weighted by molar-refractivity contribution is -0.0490. The Labute approximate surface area is 85.8 Å². The van der Waals surface area contributed by atoms with Gasteiger partial charge in [-0.3, -0.25) is 0 Å². The van der Waals surface area contributed by atoms with E-state index >= 15 is 0 Å². The van der Waals surface area contributed by atoms with Crippen LogP contribution < -0.4 is 0 Å². The second kappa shape index (κ2) is 4.67. The minimum Gasteiger partial charge on any atom is -0.438 e. The Balaban J connectivity index is 2.49. The highest BCUT2D eigenvalue weighted by Crippen LogP contribution is 2.34. The monoisotopic (exact) mass is 200 g/mol. The molecular formula is C11H20O3.